The van der Waals surface area contributed by atoms with Crippen LogP contribution in [0, 0.1) is 23.0 Å². The number of nitriles is 1. The fourth-order valence-electron chi connectivity index (χ4n) is 1.53. The van der Waals surface area contributed by atoms with Gasteiger partial charge >= 0.3 is 0 Å². The molecular weight excluding hydrogens is 272 g/mol. The van der Waals surface area contributed by atoms with Crippen molar-refractivity contribution in [3.8, 4) is 11.8 Å². The summed E-state index contributed by atoms with van der Waals surface area (Å²) in [5, 5.41) is 9.06. The fraction of sp³-hybridized carbons (Fsp3) is 0.0714. The van der Waals surface area contributed by atoms with Gasteiger partial charge in [-0.3, -0.25) is 0 Å². The molecule has 0 spiro atoms. The number of hydrogen-bond acceptors (Lipinski definition) is 2. The molecule has 0 bridgehead atoms. The van der Waals surface area contributed by atoms with Crippen LogP contribution in [0.25, 0.3) is 0 Å². The average molecular weight is 280 g/mol. The second-order valence-corrected chi connectivity index (χ2v) is 4.16. The molecule has 0 heterocycles. The standard InChI is InChI=1S/C14H8ClF2NO/c15-12-6-10(16)5-4-9(12)8-19-14-3-1-2-13(17)11(14)7-18/h1-6H,8H2. The van der Waals surface area contributed by atoms with Crippen molar-refractivity contribution in [2.75, 3.05) is 0 Å². The van der Waals surface area contributed by atoms with Crippen molar-refractivity contribution >= 4 is 11.6 Å². The van der Waals surface area contributed by atoms with Crippen molar-refractivity contribution in [2.45, 2.75) is 6.61 Å². The minimum absolute atomic E-state index is 0.0250. The van der Waals surface area contributed by atoms with Gasteiger partial charge in [-0.05, 0) is 24.3 Å². The Bertz CT molecular complexity index is 652. The predicted molar refractivity (Wildman–Crippen MR) is 66.9 cm³/mol. The van der Waals surface area contributed by atoms with Crippen LogP contribution in [0.2, 0.25) is 5.02 Å². The molecule has 0 fully saturated rings. The van der Waals surface area contributed by atoms with Gasteiger partial charge in [0.15, 0.2) is 0 Å². The first-order valence-electron chi connectivity index (χ1n) is 5.37. The number of rotatable bonds is 3. The molecule has 0 N–H and O–H groups in total. The molecule has 19 heavy (non-hydrogen) atoms. The summed E-state index contributed by atoms with van der Waals surface area (Å²) in [6.45, 7) is 0.0250. The van der Waals surface area contributed by atoms with E-state index >= 15 is 0 Å². The maximum absolute atomic E-state index is 13.3. The largest absolute Gasteiger partial charge is 0.487 e. The van der Waals surface area contributed by atoms with Gasteiger partial charge in [-0.25, -0.2) is 8.78 Å². The molecule has 0 aliphatic heterocycles. The SMILES string of the molecule is N#Cc1c(F)cccc1OCc1ccc(F)cc1Cl. The summed E-state index contributed by atoms with van der Waals surface area (Å²) in [5.41, 5.74) is 0.386. The molecule has 0 saturated carbocycles. The number of hydrogen-bond donors (Lipinski definition) is 0. The third kappa shape index (κ3) is 3.01. The Labute approximate surface area is 113 Å². The van der Waals surface area contributed by atoms with Crippen LogP contribution >= 0.6 is 11.6 Å². The predicted octanol–water partition coefficient (Wildman–Crippen LogP) is 4.07. The monoisotopic (exact) mass is 279 g/mol. The maximum atomic E-state index is 13.3. The Morgan fingerprint density at radius 2 is 2.00 bits per heavy atom. The molecule has 2 nitrogen and oxygen atoms in total. The normalized spacial score (nSPS) is 10.0. The average Bonchev–Trinajstić information content (AvgIpc) is 2.38. The van der Waals surface area contributed by atoms with Crippen molar-refractivity contribution in [3.05, 3.63) is 64.2 Å². The Hall–Kier alpha value is -2.12. The Balaban J connectivity index is 2.20. The third-order valence-electron chi connectivity index (χ3n) is 2.49. The highest BCUT2D eigenvalue weighted by atomic mass is 35.5. The molecule has 2 aromatic rings. The lowest BCUT2D eigenvalue weighted by Gasteiger charge is -2.09. The smallest absolute Gasteiger partial charge is 0.144 e. The van der Waals surface area contributed by atoms with Crippen LogP contribution in [0.3, 0.4) is 0 Å². The maximum Gasteiger partial charge on any atom is 0.144 e. The van der Waals surface area contributed by atoms with Crippen LogP contribution in [0.4, 0.5) is 8.78 Å². The lowest BCUT2D eigenvalue weighted by atomic mass is 10.2. The first-order valence-corrected chi connectivity index (χ1v) is 5.75. The van der Waals surface area contributed by atoms with Gasteiger partial charge in [0, 0.05) is 5.56 Å². The van der Waals surface area contributed by atoms with Crippen LogP contribution in [-0.2, 0) is 6.61 Å². The van der Waals surface area contributed by atoms with E-state index in [2.05, 4.69) is 0 Å². The second-order valence-electron chi connectivity index (χ2n) is 3.75. The highest BCUT2D eigenvalue weighted by Crippen LogP contribution is 2.23. The van der Waals surface area contributed by atoms with Crippen molar-refractivity contribution in [3.63, 3.8) is 0 Å². The van der Waals surface area contributed by atoms with Crippen molar-refractivity contribution in [1.82, 2.24) is 0 Å². The zero-order chi connectivity index (χ0) is 13.8. The van der Waals surface area contributed by atoms with Gasteiger partial charge in [-0.1, -0.05) is 23.7 Å². The number of halogens is 3. The summed E-state index contributed by atoms with van der Waals surface area (Å²) < 4.78 is 31.5. The molecule has 0 aliphatic rings. The second kappa shape index (κ2) is 5.68. The summed E-state index contributed by atoms with van der Waals surface area (Å²) >= 11 is 5.84. The van der Waals surface area contributed by atoms with E-state index < -0.39 is 11.6 Å². The fourth-order valence-corrected chi connectivity index (χ4v) is 1.75. The van der Waals surface area contributed by atoms with Crippen LogP contribution in [-0.4, -0.2) is 0 Å². The molecule has 0 saturated heterocycles. The summed E-state index contributed by atoms with van der Waals surface area (Å²) in [5.74, 6) is -0.967. The molecule has 0 aromatic heterocycles. The summed E-state index contributed by atoms with van der Waals surface area (Å²) in [7, 11) is 0. The van der Waals surface area contributed by atoms with Gasteiger partial charge in [0.1, 0.15) is 35.6 Å². The van der Waals surface area contributed by atoms with Crippen LogP contribution in [0.15, 0.2) is 36.4 Å². The summed E-state index contributed by atoms with van der Waals surface area (Å²) in [4.78, 5) is 0. The van der Waals surface area contributed by atoms with Gasteiger partial charge in [0.25, 0.3) is 0 Å². The van der Waals surface area contributed by atoms with E-state index in [4.69, 9.17) is 21.6 Å². The van der Waals surface area contributed by atoms with Gasteiger partial charge in [0.2, 0.25) is 0 Å². The van der Waals surface area contributed by atoms with Crippen LogP contribution in [0.5, 0.6) is 5.75 Å². The van der Waals surface area contributed by atoms with Gasteiger partial charge < -0.3 is 4.74 Å². The minimum atomic E-state index is -0.648. The lowest BCUT2D eigenvalue weighted by molar-refractivity contribution is 0.303. The van der Waals surface area contributed by atoms with Crippen molar-refractivity contribution < 1.29 is 13.5 Å². The molecule has 0 amide bonds. The van der Waals surface area contributed by atoms with Gasteiger partial charge in [0.05, 0.1) is 5.02 Å². The molecular formula is C14H8ClF2NO. The Morgan fingerprint density at radius 1 is 1.21 bits per heavy atom. The molecule has 0 atom stereocenters. The zero-order valence-electron chi connectivity index (χ0n) is 9.66. The van der Waals surface area contributed by atoms with Crippen LogP contribution in [0.1, 0.15) is 11.1 Å². The summed E-state index contributed by atoms with van der Waals surface area (Å²) in [6, 6.07) is 9.73. The third-order valence-corrected chi connectivity index (χ3v) is 2.84. The number of ether oxygens (including phenoxy) is 1. The Morgan fingerprint density at radius 3 is 2.68 bits per heavy atom. The molecule has 96 valence electrons. The van der Waals surface area contributed by atoms with Gasteiger partial charge in [-0.2, -0.15) is 5.26 Å². The van der Waals surface area contributed by atoms with E-state index in [9.17, 15) is 8.78 Å². The Kier molecular flexibility index (Phi) is 3.98. The van der Waals surface area contributed by atoms with E-state index in [1.807, 2.05) is 0 Å². The molecule has 0 radical (unpaired) electrons. The van der Waals surface area contributed by atoms with E-state index in [0.29, 0.717) is 5.56 Å². The van der Waals surface area contributed by atoms with Gasteiger partial charge in [-0.15, -0.1) is 0 Å². The lowest BCUT2D eigenvalue weighted by Crippen LogP contribution is -1.99. The quantitative estimate of drug-likeness (QED) is 0.848. The molecule has 5 heteroatoms. The first-order chi connectivity index (χ1) is 9.11. The van der Waals surface area contributed by atoms with E-state index in [0.717, 1.165) is 6.07 Å². The molecule has 2 rings (SSSR count). The number of nitrogens with zero attached hydrogens (tertiary/aromatic N) is 1. The zero-order valence-corrected chi connectivity index (χ0v) is 10.4. The molecule has 0 unspecified atom stereocenters. The summed E-state index contributed by atoms with van der Waals surface area (Å²) in [6.07, 6.45) is 0. The number of benzene rings is 2. The topological polar surface area (TPSA) is 33.0 Å². The van der Waals surface area contributed by atoms with E-state index in [1.54, 1.807) is 6.07 Å². The minimum Gasteiger partial charge on any atom is -0.487 e. The van der Waals surface area contributed by atoms with Crippen molar-refractivity contribution in [2.24, 2.45) is 0 Å². The highest BCUT2D eigenvalue weighted by molar-refractivity contribution is 6.31. The first kappa shape index (κ1) is 13.3. The molecule has 0 aliphatic carbocycles. The van der Waals surface area contributed by atoms with E-state index in [1.165, 1.54) is 30.3 Å². The van der Waals surface area contributed by atoms with Crippen molar-refractivity contribution in [1.29, 1.82) is 5.26 Å². The van der Waals surface area contributed by atoms with Crippen LogP contribution < -0.4 is 4.74 Å². The highest BCUT2D eigenvalue weighted by Gasteiger charge is 2.10. The van der Waals surface area contributed by atoms with E-state index in [-0.39, 0.29) is 22.9 Å². The molecule has 2 aromatic carbocycles.